The van der Waals surface area contributed by atoms with Crippen LogP contribution >= 0.6 is 11.6 Å². The summed E-state index contributed by atoms with van der Waals surface area (Å²) in [5, 5.41) is 0.788. The number of hydrogen-bond donors (Lipinski definition) is 1. The molecule has 2 N–H and O–H groups in total. The lowest BCUT2D eigenvalue weighted by Crippen LogP contribution is -2.40. The second kappa shape index (κ2) is 5.28. The van der Waals surface area contributed by atoms with Gasteiger partial charge in [0.2, 0.25) is 0 Å². The third-order valence-electron chi connectivity index (χ3n) is 3.73. The van der Waals surface area contributed by atoms with E-state index in [1.807, 2.05) is 6.07 Å². The Bertz CT molecular complexity index is 392. The van der Waals surface area contributed by atoms with Crippen LogP contribution in [0.2, 0.25) is 5.02 Å². The monoisotopic (exact) mass is 252 g/mol. The molecule has 0 spiro atoms. The van der Waals surface area contributed by atoms with Crippen LogP contribution in [0.25, 0.3) is 0 Å². The molecular weight excluding hydrogens is 232 g/mol. The first-order chi connectivity index (χ1) is 8.11. The van der Waals surface area contributed by atoms with E-state index in [9.17, 15) is 0 Å². The van der Waals surface area contributed by atoms with E-state index in [1.165, 1.54) is 18.5 Å². The Hall–Kier alpha value is -0.730. The molecule has 0 aliphatic carbocycles. The second-order valence-electron chi connectivity index (χ2n) is 5.15. The minimum atomic E-state index is 0.506. The van der Waals surface area contributed by atoms with E-state index in [2.05, 4.69) is 30.9 Å². The average molecular weight is 253 g/mol. The van der Waals surface area contributed by atoms with Crippen LogP contribution in [-0.2, 0) is 6.54 Å². The topological polar surface area (TPSA) is 29.3 Å². The third kappa shape index (κ3) is 2.75. The fraction of sp³-hybridized carbons (Fsp3) is 0.571. The molecule has 0 bridgehead atoms. The zero-order chi connectivity index (χ0) is 12.4. The van der Waals surface area contributed by atoms with Crippen molar-refractivity contribution in [1.82, 2.24) is 0 Å². The van der Waals surface area contributed by atoms with E-state index < -0.39 is 0 Å². The normalized spacial score (nSPS) is 25.1. The third-order valence-corrected chi connectivity index (χ3v) is 4.08. The van der Waals surface area contributed by atoms with Gasteiger partial charge in [-0.1, -0.05) is 24.6 Å². The van der Waals surface area contributed by atoms with Gasteiger partial charge < -0.3 is 10.6 Å². The highest BCUT2D eigenvalue weighted by Crippen LogP contribution is 2.30. The van der Waals surface area contributed by atoms with Gasteiger partial charge in [0.05, 0.1) is 0 Å². The Morgan fingerprint density at radius 1 is 1.41 bits per heavy atom. The fourth-order valence-corrected chi connectivity index (χ4v) is 2.92. The van der Waals surface area contributed by atoms with Gasteiger partial charge in [0.25, 0.3) is 0 Å². The van der Waals surface area contributed by atoms with Crippen molar-refractivity contribution in [2.45, 2.75) is 39.3 Å². The lowest BCUT2D eigenvalue weighted by Gasteiger charge is -2.38. The molecule has 0 amide bonds. The van der Waals surface area contributed by atoms with Gasteiger partial charge in [0, 0.05) is 29.8 Å². The lowest BCUT2D eigenvalue weighted by atomic mass is 9.93. The van der Waals surface area contributed by atoms with E-state index in [0.717, 1.165) is 23.0 Å². The summed E-state index contributed by atoms with van der Waals surface area (Å²) < 4.78 is 0. The predicted molar refractivity (Wildman–Crippen MR) is 74.5 cm³/mol. The van der Waals surface area contributed by atoms with E-state index in [1.54, 1.807) is 0 Å². The first kappa shape index (κ1) is 12.7. The summed E-state index contributed by atoms with van der Waals surface area (Å²) in [5.41, 5.74) is 7.88. The number of benzene rings is 1. The molecule has 1 aliphatic rings. The van der Waals surface area contributed by atoms with Crippen molar-refractivity contribution in [3.05, 3.63) is 28.8 Å². The van der Waals surface area contributed by atoms with Gasteiger partial charge in [0.1, 0.15) is 0 Å². The van der Waals surface area contributed by atoms with E-state index in [-0.39, 0.29) is 0 Å². The molecule has 0 radical (unpaired) electrons. The molecule has 1 aliphatic heterocycles. The summed E-state index contributed by atoms with van der Waals surface area (Å²) in [6, 6.07) is 6.83. The number of anilines is 1. The number of halogens is 1. The largest absolute Gasteiger partial charge is 0.369 e. The van der Waals surface area contributed by atoms with E-state index in [0.29, 0.717) is 12.6 Å². The highest BCUT2D eigenvalue weighted by atomic mass is 35.5. The summed E-state index contributed by atoms with van der Waals surface area (Å²) in [7, 11) is 0. The van der Waals surface area contributed by atoms with Crippen LogP contribution in [-0.4, -0.2) is 12.6 Å². The smallest absolute Gasteiger partial charge is 0.0471 e. The molecule has 1 heterocycles. The maximum absolute atomic E-state index is 6.22. The molecule has 2 nitrogen and oxygen atoms in total. The molecule has 2 rings (SSSR count). The Balaban J connectivity index is 2.19. The SMILES string of the molecule is CC1CCN(c2ccc(CN)c(Cl)c2)C(C)C1. The van der Waals surface area contributed by atoms with Crippen molar-refractivity contribution in [1.29, 1.82) is 0 Å². The minimum absolute atomic E-state index is 0.506. The molecule has 1 aromatic rings. The highest BCUT2D eigenvalue weighted by molar-refractivity contribution is 6.31. The van der Waals surface area contributed by atoms with Crippen molar-refractivity contribution >= 4 is 17.3 Å². The second-order valence-corrected chi connectivity index (χ2v) is 5.56. The van der Waals surface area contributed by atoms with Crippen molar-refractivity contribution in [3.8, 4) is 0 Å². The van der Waals surface area contributed by atoms with Gasteiger partial charge in [-0.3, -0.25) is 0 Å². The van der Waals surface area contributed by atoms with Crippen LogP contribution in [0, 0.1) is 5.92 Å². The molecule has 1 fully saturated rings. The van der Waals surface area contributed by atoms with Crippen molar-refractivity contribution in [2.75, 3.05) is 11.4 Å². The molecule has 0 aromatic heterocycles. The molecule has 2 atom stereocenters. The predicted octanol–water partition coefficient (Wildman–Crippen LogP) is 3.42. The van der Waals surface area contributed by atoms with Crippen LogP contribution in [0.5, 0.6) is 0 Å². The van der Waals surface area contributed by atoms with E-state index >= 15 is 0 Å². The fourth-order valence-electron chi connectivity index (χ4n) is 2.67. The lowest BCUT2D eigenvalue weighted by molar-refractivity contribution is 0.378. The highest BCUT2D eigenvalue weighted by Gasteiger charge is 2.23. The van der Waals surface area contributed by atoms with Gasteiger partial charge >= 0.3 is 0 Å². The summed E-state index contributed by atoms with van der Waals surface area (Å²) in [6.45, 7) is 6.26. The van der Waals surface area contributed by atoms with Gasteiger partial charge in [-0.25, -0.2) is 0 Å². The molecule has 0 saturated carbocycles. The molecule has 94 valence electrons. The summed E-state index contributed by atoms with van der Waals surface area (Å²) in [6.07, 6.45) is 2.52. The standard InChI is InChI=1S/C14H21ClN2/c1-10-5-6-17(11(2)7-10)13-4-3-12(9-16)14(15)8-13/h3-4,8,10-11H,5-7,9,16H2,1-2H3. The Labute approximate surface area is 109 Å². The zero-order valence-corrected chi connectivity index (χ0v) is 11.4. The zero-order valence-electron chi connectivity index (χ0n) is 10.6. The molecule has 1 saturated heterocycles. The minimum Gasteiger partial charge on any atom is -0.369 e. The van der Waals surface area contributed by atoms with Crippen LogP contribution in [0.15, 0.2) is 18.2 Å². The van der Waals surface area contributed by atoms with Crippen LogP contribution in [0.4, 0.5) is 5.69 Å². The van der Waals surface area contributed by atoms with Crippen molar-refractivity contribution < 1.29 is 0 Å². The average Bonchev–Trinajstić information content (AvgIpc) is 2.29. The van der Waals surface area contributed by atoms with Crippen LogP contribution in [0.3, 0.4) is 0 Å². The maximum atomic E-state index is 6.22. The number of piperidine rings is 1. The first-order valence-electron chi connectivity index (χ1n) is 6.37. The quantitative estimate of drug-likeness (QED) is 0.874. The number of hydrogen-bond acceptors (Lipinski definition) is 2. The van der Waals surface area contributed by atoms with E-state index in [4.69, 9.17) is 17.3 Å². The Kier molecular flexibility index (Phi) is 3.95. The van der Waals surface area contributed by atoms with Crippen LogP contribution in [0.1, 0.15) is 32.3 Å². The Morgan fingerprint density at radius 3 is 2.76 bits per heavy atom. The molecule has 1 aromatic carbocycles. The maximum Gasteiger partial charge on any atom is 0.0471 e. The summed E-state index contributed by atoms with van der Waals surface area (Å²) in [4.78, 5) is 2.45. The van der Waals surface area contributed by atoms with Gasteiger partial charge in [0.15, 0.2) is 0 Å². The molecule has 2 unspecified atom stereocenters. The van der Waals surface area contributed by atoms with Gasteiger partial charge in [-0.2, -0.15) is 0 Å². The molecular formula is C14H21ClN2. The number of nitrogens with two attached hydrogens (primary N) is 1. The van der Waals surface area contributed by atoms with Crippen LogP contribution < -0.4 is 10.6 Å². The number of nitrogens with zero attached hydrogens (tertiary/aromatic N) is 1. The van der Waals surface area contributed by atoms with Crippen molar-refractivity contribution in [2.24, 2.45) is 11.7 Å². The summed E-state index contributed by atoms with van der Waals surface area (Å²) >= 11 is 6.22. The number of rotatable bonds is 2. The van der Waals surface area contributed by atoms with Crippen molar-refractivity contribution in [3.63, 3.8) is 0 Å². The van der Waals surface area contributed by atoms with Gasteiger partial charge in [-0.05, 0) is 43.4 Å². The molecule has 3 heteroatoms. The first-order valence-corrected chi connectivity index (χ1v) is 6.74. The summed E-state index contributed by atoms with van der Waals surface area (Å²) in [5.74, 6) is 0.833. The Morgan fingerprint density at radius 2 is 2.18 bits per heavy atom. The molecule has 17 heavy (non-hydrogen) atoms. The van der Waals surface area contributed by atoms with Gasteiger partial charge in [-0.15, -0.1) is 0 Å².